The third-order valence-electron chi connectivity index (χ3n) is 1.91. The first kappa shape index (κ1) is 11.0. The first-order chi connectivity index (χ1) is 6.97. The zero-order valence-corrected chi connectivity index (χ0v) is 9.67. The summed E-state index contributed by atoms with van der Waals surface area (Å²) in [6.07, 6.45) is -1.69. The number of ether oxygens (including phenoxy) is 1. The fraction of sp³-hybridized carbons (Fsp3) is 0.444. The van der Waals surface area contributed by atoms with Crippen LogP contribution in [0.15, 0.2) is 12.3 Å². The summed E-state index contributed by atoms with van der Waals surface area (Å²) in [5, 5.41) is 0. The summed E-state index contributed by atoms with van der Waals surface area (Å²) in [5.74, 6) is -0.156. The van der Waals surface area contributed by atoms with Gasteiger partial charge in [-0.1, -0.05) is 0 Å². The number of alkyl halides is 3. The SMILES string of the molecule is FC(F)(F)c1ncc(I)cc1OC1CC1. The highest BCUT2D eigenvalue weighted by molar-refractivity contribution is 14.1. The normalized spacial score (nSPS) is 16.5. The van der Waals surface area contributed by atoms with E-state index in [0.717, 1.165) is 12.8 Å². The average Bonchev–Trinajstić information content (AvgIpc) is 2.85. The zero-order valence-electron chi connectivity index (χ0n) is 7.51. The van der Waals surface area contributed by atoms with Gasteiger partial charge in [0.1, 0.15) is 0 Å². The van der Waals surface area contributed by atoms with Gasteiger partial charge in [-0.3, -0.25) is 0 Å². The highest BCUT2D eigenvalue weighted by Crippen LogP contribution is 2.37. The second-order valence-corrected chi connectivity index (χ2v) is 4.56. The number of aromatic nitrogens is 1. The van der Waals surface area contributed by atoms with Crippen molar-refractivity contribution in [1.82, 2.24) is 4.98 Å². The third-order valence-corrected chi connectivity index (χ3v) is 2.50. The largest absolute Gasteiger partial charge is 0.488 e. The van der Waals surface area contributed by atoms with Gasteiger partial charge in [-0.2, -0.15) is 13.2 Å². The van der Waals surface area contributed by atoms with Crippen LogP contribution in [-0.2, 0) is 6.18 Å². The van der Waals surface area contributed by atoms with E-state index in [1.165, 1.54) is 12.3 Å². The Morgan fingerprint density at radius 2 is 2.07 bits per heavy atom. The van der Waals surface area contributed by atoms with Gasteiger partial charge in [-0.25, -0.2) is 4.98 Å². The molecule has 1 fully saturated rings. The minimum absolute atomic E-state index is 0.0638. The van der Waals surface area contributed by atoms with Crippen molar-refractivity contribution in [2.24, 2.45) is 0 Å². The van der Waals surface area contributed by atoms with E-state index in [-0.39, 0.29) is 11.9 Å². The smallest absolute Gasteiger partial charge is 0.437 e. The summed E-state index contributed by atoms with van der Waals surface area (Å²) >= 11 is 1.91. The lowest BCUT2D eigenvalue weighted by molar-refractivity contribution is -0.142. The van der Waals surface area contributed by atoms with Crippen LogP contribution in [0.3, 0.4) is 0 Å². The molecule has 1 heterocycles. The first-order valence-electron chi connectivity index (χ1n) is 4.36. The van der Waals surface area contributed by atoms with Crippen LogP contribution in [0.2, 0.25) is 0 Å². The van der Waals surface area contributed by atoms with Crippen molar-refractivity contribution >= 4 is 22.6 Å². The van der Waals surface area contributed by atoms with Gasteiger partial charge in [0.15, 0.2) is 11.4 Å². The minimum Gasteiger partial charge on any atom is -0.488 e. The maximum Gasteiger partial charge on any atom is 0.437 e. The fourth-order valence-corrected chi connectivity index (χ4v) is 1.51. The Balaban J connectivity index is 2.34. The van der Waals surface area contributed by atoms with E-state index < -0.39 is 11.9 Å². The van der Waals surface area contributed by atoms with Crippen molar-refractivity contribution in [3.8, 4) is 5.75 Å². The van der Waals surface area contributed by atoms with Crippen molar-refractivity contribution in [3.05, 3.63) is 21.5 Å². The highest BCUT2D eigenvalue weighted by Gasteiger charge is 2.38. The molecule has 2 nitrogen and oxygen atoms in total. The molecule has 0 radical (unpaired) electrons. The lowest BCUT2D eigenvalue weighted by atomic mass is 10.3. The number of pyridine rings is 1. The molecule has 1 aromatic heterocycles. The van der Waals surface area contributed by atoms with Crippen LogP contribution in [0, 0.1) is 3.57 Å². The number of hydrogen-bond donors (Lipinski definition) is 0. The predicted octanol–water partition coefficient (Wildman–Crippen LogP) is 3.25. The van der Waals surface area contributed by atoms with E-state index in [1.54, 1.807) is 0 Å². The second kappa shape index (κ2) is 3.80. The van der Waals surface area contributed by atoms with Crippen molar-refractivity contribution in [2.45, 2.75) is 25.1 Å². The number of nitrogens with zero attached hydrogens (tertiary/aromatic N) is 1. The maximum atomic E-state index is 12.5. The summed E-state index contributed by atoms with van der Waals surface area (Å²) in [6, 6.07) is 1.37. The molecule has 2 rings (SSSR count). The van der Waals surface area contributed by atoms with E-state index in [1.807, 2.05) is 22.6 Å². The Morgan fingerprint density at radius 3 is 2.60 bits per heavy atom. The molecule has 15 heavy (non-hydrogen) atoms. The van der Waals surface area contributed by atoms with Gasteiger partial charge in [0.05, 0.1) is 6.10 Å². The van der Waals surface area contributed by atoms with Gasteiger partial charge in [0, 0.05) is 9.77 Å². The van der Waals surface area contributed by atoms with Crippen molar-refractivity contribution < 1.29 is 17.9 Å². The maximum absolute atomic E-state index is 12.5. The van der Waals surface area contributed by atoms with Gasteiger partial charge in [-0.15, -0.1) is 0 Å². The molecule has 0 spiro atoms. The minimum atomic E-state index is -4.45. The van der Waals surface area contributed by atoms with Crippen LogP contribution in [0.25, 0.3) is 0 Å². The summed E-state index contributed by atoms with van der Waals surface area (Å²) in [7, 11) is 0. The topological polar surface area (TPSA) is 22.1 Å². The number of hydrogen-bond acceptors (Lipinski definition) is 2. The summed E-state index contributed by atoms with van der Waals surface area (Å²) in [5.41, 5.74) is -0.935. The first-order valence-corrected chi connectivity index (χ1v) is 5.44. The van der Waals surface area contributed by atoms with Crippen molar-refractivity contribution in [1.29, 1.82) is 0 Å². The fourth-order valence-electron chi connectivity index (χ4n) is 1.09. The Morgan fingerprint density at radius 1 is 1.40 bits per heavy atom. The van der Waals surface area contributed by atoms with Crippen molar-refractivity contribution in [2.75, 3.05) is 0 Å². The van der Waals surface area contributed by atoms with E-state index in [9.17, 15) is 13.2 Å². The molecule has 0 unspecified atom stereocenters. The molecule has 0 N–H and O–H groups in total. The molecular formula is C9H7F3INO. The molecule has 1 aromatic rings. The molecule has 0 atom stereocenters. The number of rotatable bonds is 2. The average molecular weight is 329 g/mol. The molecule has 0 aliphatic heterocycles. The summed E-state index contributed by atoms with van der Waals surface area (Å²) in [4.78, 5) is 3.37. The molecule has 0 bridgehead atoms. The van der Waals surface area contributed by atoms with E-state index in [2.05, 4.69) is 4.98 Å². The molecule has 0 amide bonds. The van der Waals surface area contributed by atoms with Gasteiger partial charge in [-0.05, 0) is 41.5 Å². The van der Waals surface area contributed by atoms with Gasteiger partial charge >= 0.3 is 6.18 Å². The van der Waals surface area contributed by atoms with Crippen molar-refractivity contribution in [3.63, 3.8) is 0 Å². The standard InChI is InChI=1S/C9H7F3INO/c10-9(11,12)8-7(15-6-1-2-6)3-5(13)4-14-8/h3-4,6H,1-2H2. The second-order valence-electron chi connectivity index (χ2n) is 3.32. The van der Waals surface area contributed by atoms with Crippen LogP contribution in [0.4, 0.5) is 13.2 Å². The molecule has 82 valence electrons. The Bertz CT molecular complexity index is 376. The summed E-state index contributed by atoms with van der Waals surface area (Å²) < 4.78 is 43.3. The molecule has 1 saturated carbocycles. The van der Waals surface area contributed by atoms with E-state index in [0.29, 0.717) is 3.57 Å². The zero-order chi connectivity index (χ0) is 11.1. The highest BCUT2D eigenvalue weighted by atomic mass is 127. The molecule has 6 heteroatoms. The van der Waals surface area contributed by atoms with Gasteiger partial charge in [0.2, 0.25) is 0 Å². The molecule has 0 aromatic carbocycles. The number of halogens is 4. The quantitative estimate of drug-likeness (QED) is 0.777. The molecular weight excluding hydrogens is 322 g/mol. The summed E-state index contributed by atoms with van der Waals surface area (Å²) in [6.45, 7) is 0. The third kappa shape index (κ3) is 2.73. The monoisotopic (exact) mass is 329 g/mol. The van der Waals surface area contributed by atoms with Crippen LogP contribution in [-0.4, -0.2) is 11.1 Å². The van der Waals surface area contributed by atoms with Crippen LogP contribution < -0.4 is 4.74 Å². The lowest BCUT2D eigenvalue weighted by Gasteiger charge is -2.12. The van der Waals surface area contributed by atoms with Crippen LogP contribution in [0.5, 0.6) is 5.75 Å². The predicted molar refractivity (Wildman–Crippen MR) is 55.6 cm³/mol. The lowest BCUT2D eigenvalue weighted by Crippen LogP contribution is -2.12. The van der Waals surface area contributed by atoms with Gasteiger partial charge < -0.3 is 4.74 Å². The van der Waals surface area contributed by atoms with Crippen LogP contribution in [0.1, 0.15) is 18.5 Å². The van der Waals surface area contributed by atoms with Gasteiger partial charge in [0.25, 0.3) is 0 Å². The van der Waals surface area contributed by atoms with E-state index >= 15 is 0 Å². The van der Waals surface area contributed by atoms with Crippen LogP contribution >= 0.6 is 22.6 Å². The molecule has 1 aliphatic rings. The molecule has 1 aliphatic carbocycles. The Labute approximate surface area is 98.0 Å². The Hall–Kier alpha value is -0.530. The Kier molecular flexibility index (Phi) is 2.78. The van der Waals surface area contributed by atoms with E-state index in [4.69, 9.17) is 4.74 Å². The molecule has 0 saturated heterocycles.